The van der Waals surface area contributed by atoms with Crippen molar-refractivity contribution in [3.05, 3.63) is 77.9 Å². The summed E-state index contributed by atoms with van der Waals surface area (Å²) in [5, 5.41) is 3.16. The second kappa shape index (κ2) is 10.8. The second-order valence-corrected chi connectivity index (χ2v) is 8.10. The van der Waals surface area contributed by atoms with Gasteiger partial charge in [-0.25, -0.2) is 0 Å². The Morgan fingerprint density at radius 1 is 1.00 bits per heavy atom. The third-order valence-electron chi connectivity index (χ3n) is 5.70. The first-order valence-electron chi connectivity index (χ1n) is 11.0. The Kier molecular flexibility index (Phi) is 7.88. The van der Waals surface area contributed by atoms with Crippen LogP contribution in [-0.2, 0) is 11.2 Å². The maximum absolute atomic E-state index is 13.5. The summed E-state index contributed by atoms with van der Waals surface area (Å²) in [5.41, 5.74) is 1.48. The van der Waals surface area contributed by atoms with Crippen molar-refractivity contribution < 1.29 is 14.3 Å². The molecular formula is C26H32N2O3. The van der Waals surface area contributed by atoms with Gasteiger partial charge in [-0.05, 0) is 37.5 Å². The predicted octanol–water partition coefficient (Wildman–Crippen LogP) is 4.38. The SMILES string of the molecule is CC[C@@H]1C/C=C/C[C@H](C)Oc2ccccc2C(=O)N(C)[C@H](Cc2ccccc2)C(=O)N1. The summed E-state index contributed by atoms with van der Waals surface area (Å²) in [6, 6.07) is 16.5. The Balaban J connectivity index is 1.98. The number of hydrogen-bond donors (Lipinski definition) is 1. The summed E-state index contributed by atoms with van der Waals surface area (Å²) in [4.78, 5) is 28.3. The number of ether oxygens (including phenoxy) is 1. The molecule has 0 aromatic heterocycles. The van der Waals surface area contributed by atoms with E-state index < -0.39 is 6.04 Å². The quantitative estimate of drug-likeness (QED) is 0.750. The van der Waals surface area contributed by atoms with Gasteiger partial charge in [0, 0.05) is 25.9 Å². The monoisotopic (exact) mass is 420 g/mol. The van der Waals surface area contributed by atoms with Crippen molar-refractivity contribution in [3.63, 3.8) is 0 Å². The zero-order chi connectivity index (χ0) is 22.2. The summed E-state index contributed by atoms with van der Waals surface area (Å²) in [6.07, 6.45) is 6.88. The number of amides is 2. The van der Waals surface area contributed by atoms with Crippen molar-refractivity contribution in [3.8, 4) is 5.75 Å². The number of carbonyl (C=O) groups is 2. The fourth-order valence-corrected chi connectivity index (χ4v) is 3.76. The molecule has 0 saturated carbocycles. The molecule has 5 nitrogen and oxygen atoms in total. The topological polar surface area (TPSA) is 58.6 Å². The van der Waals surface area contributed by atoms with Crippen LogP contribution in [0.3, 0.4) is 0 Å². The number of rotatable bonds is 3. The maximum Gasteiger partial charge on any atom is 0.258 e. The first-order valence-corrected chi connectivity index (χ1v) is 11.0. The van der Waals surface area contributed by atoms with E-state index in [0.717, 1.165) is 24.8 Å². The van der Waals surface area contributed by atoms with Crippen LogP contribution in [0, 0.1) is 0 Å². The Morgan fingerprint density at radius 2 is 1.68 bits per heavy atom. The second-order valence-electron chi connectivity index (χ2n) is 8.10. The minimum Gasteiger partial charge on any atom is -0.490 e. The average Bonchev–Trinajstić information content (AvgIpc) is 2.79. The molecule has 31 heavy (non-hydrogen) atoms. The lowest BCUT2D eigenvalue weighted by Crippen LogP contribution is -2.51. The molecule has 5 heteroatoms. The molecule has 1 aliphatic rings. The van der Waals surface area contributed by atoms with Gasteiger partial charge in [-0.3, -0.25) is 9.59 Å². The van der Waals surface area contributed by atoms with Crippen molar-refractivity contribution in [1.29, 1.82) is 0 Å². The van der Waals surface area contributed by atoms with Gasteiger partial charge in [0.25, 0.3) is 5.91 Å². The Labute approximate surface area is 185 Å². The van der Waals surface area contributed by atoms with E-state index in [1.807, 2.05) is 55.5 Å². The summed E-state index contributed by atoms with van der Waals surface area (Å²) < 4.78 is 6.09. The van der Waals surface area contributed by atoms with E-state index in [1.54, 1.807) is 18.0 Å². The lowest BCUT2D eigenvalue weighted by atomic mass is 10.0. The molecular weight excluding hydrogens is 388 g/mol. The Hall–Kier alpha value is -3.08. The zero-order valence-electron chi connectivity index (χ0n) is 18.6. The molecule has 2 aromatic carbocycles. The number of hydrogen-bond acceptors (Lipinski definition) is 3. The smallest absolute Gasteiger partial charge is 0.258 e. The van der Waals surface area contributed by atoms with Crippen LogP contribution < -0.4 is 10.1 Å². The number of nitrogens with one attached hydrogen (secondary N) is 1. The van der Waals surface area contributed by atoms with Crippen LogP contribution in [0.15, 0.2) is 66.7 Å². The minimum absolute atomic E-state index is 0.0250. The molecule has 2 aromatic rings. The highest BCUT2D eigenvalue weighted by molar-refractivity contribution is 5.99. The van der Waals surface area contributed by atoms with Crippen molar-refractivity contribution in [2.24, 2.45) is 0 Å². The van der Waals surface area contributed by atoms with Gasteiger partial charge in [-0.1, -0.05) is 61.5 Å². The van der Waals surface area contributed by atoms with Crippen molar-refractivity contribution in [1.82, 2.24) is 10.2 Å². The largest absolute Gasteiger partial charge is 0.490 e. The van der Waals surface area contributed by atoms with Crippen LogP contribution in [0.25, 0.3) is 0 Å². The Bertz CT molecular complexity index is 910. The molecule has 1 N–H and O–H groups in total. The number of fused-ring (bicyclic) bond motifs is 1. The molecule has 0 aliphatic carbocycles. The molecule has 0 saturated heterocycles. The lowest BCUT2D eigenvalue weighted by molar-refractivity contribution is -0.126. The highest BCUT2D eigenvalue weighted by Crippen LogP contribution is 2.23. The van der Waals surface area contributed by atoms with Crippen LogP contribution in [0.5, 0.6) is 5.75 Å². The molecule has 1 heterocycles. The zero-order valence-corrected chi connectivity index (χ0v) is 18.6. The summed E-state index contributed by atoms with van der Waals surface area (Å²) >= 11 is 0. The molecule has 1 aliphatic heterocycles. The van der Waals surface area contributed by atoms with Gasteiger partial charge >= 0.3 is 0 Å². The third kappa shape index (κ3) is 5.97. The van der Waals surface area contributed by atoms with Gasteiger partial charge in [0.2, 0.25) is 5.91 Å². The van der Waals surface area contributed by atoms with Crippen LogP contribution in [0.1, 0.15) is 49.0 Å². The molecule has 0 bridgehead atoms. The van der Waals surface area contributed by atoms with Crippen molar-refractivity contribution in [2.45, 2.75) is 57.7 Å². The number of para-hydroxylation sites is 1. The van der Waals surface area contributed by atoms with Crippen molar-refractivity contribution in [2.75, 3.05) is 7.05 Å². The first-order chi connectivity index (χ1) is 15.0. The summed E-state index contributed by atoms with van der Waals surface area (Å²) in [7, 11) is 1.70. The van der Waals surface area contributed by atoms with Crippen molar-refractivity contribution >= 4 is 11.8 Å². The highest BCUT2D eigenvalue weighted by atomic mass is 16.5. The van der Waals surface area contributed by atoms with Gasteiger partial charge in [0.15, 0.2) is 0 Å². The summed E-state index contributed by atoms with van der Waals surface area (Å²) in [5.74, 6) is 0.186. The van der Waals surface area contributed by atoms with E-state index in [4.69, 9.17) is 4.74 Å². The van der Waals surface area contributed by atoms with E-state index in [9.17, 15) is 9.59 Å². The van der Waals surface area contributed by atoms with Gasteiger partial charge in [-0.2, -0.15) is 0 Å². The number of likely N-dealkylation sites (N-methyl/N-ethyl adjacent to an activating group) is 1. The molecule has 0 unspecified atom stereocenters. The summed E-state index contributed by atoms with van der Waals surface area (Å²) in [6.45, 7) is 4.06. The van der Waals surface area contributed by atoms with Crippen LogP contribution in [-0.4, -0.2) is 41.9 Å². The number of benzene rings is 2. The highest BCUT2D eigenvalue weighted by Gasteiger charge is 2.30. The molecule has 0 fully saturated rings. The van der Waals surface area contributed by atoms with E-state index >= 15 is 0 Å². The number of nitrogens with zero attached hydrogens (tertiary/aromatic N) is 1. The molecule has 2 amide bonds. The Morgan fingerprint density at radius 3 is 2.42 bits per heavy atom. The first kappa shape index (κ1) is 22.6. The molecule has 3 rings (SSSR count). The standard InChI is InChI=1S/C26H32N2O3/c1-4-21-15-9-8-12-19(2)31-24-17-11-10-16-22(24)26(30)28(3)23(25(29)27-21)18-20-13-6-5-7-14-20/h5-11,13-14,16-17,19,21,23H,4,12,15,18H2,1-3H3,(H,27,29)/b9-8+/t19-,21+,23+/m0/s1. The van der Waals surface area contributed by atoms with Gasteiger partial charge < -0.3 is 15.0 Å². The van der Waals surface area contributed by atoms with Crippen LogP contribution in [0.4, 0.5) is 0 Å². The van der Waals surface area contributed by atoms with E-state index in [-0.39, 0.29) is 24.0 Å². The van der Waals surface area contributed by atoms with E-state index in [1.165, 1.54) is 0 Å². The fourth-order valence-electron chi connectivity index (χ4n) is 3.76. The molecule has 3 atom stereocenters. The molecule has 0 spiro atoms. The fraction of sp³-hybridized carbons (Fsp3) is 0.385. The van der Waals surface area contributed by atoms with Gasteiger partial charge in [0.05, 0.1) is 11.7 Å². The molecule has 164 valence electrons. The lowest BCUT2D eigenvalue weighted by Gasteiger charge is -2.30. The third-order valence-corrected chi connectivity index (χ3v) is 5.70. The van der Waals surface area contributed by atoms with Gasteiger partial charge in [-0.15, -0.1) is 0 Å². The predicted molar refractivity (Wildman–Crippen MR) is 123 cm³/mol. The van der Waals surface area contributed by atoms with E-state index in [0.29, 0.717) is 17.7 Å². The minimum atomic E-state index is -0.624. The van der Waals surface area contributed by atoms with Gasteiger partial charge in [0.1, 0.15) is 11.8 Å². The maximum atomic E-state index is 13.5. The number of carbonyl (C=O) groups excluding carboxylic acids is 2. The van der Waals surface area contributed by atoms with Crippen LogP contribution in [0.2, 0.25) is 0 Å². The normalized spacial score (nSPS) is 23.8. The average molecular weight is 421 g/mol. The van der Waals surface area contributed by atoms with Crippen LogP contribution >= 0.6 is 0 Å². The van der Waals surface area contributed by atoms with E-state index in [2.05, 4.69) is 24.4 Å². The molecule has 0 radical (unpaired) electrons.